The molecule has 1 atom stereocenters. The summed E-state index contributed by atoms with van der Waals surface area (Å²) in [6.07, 6.45) is 2.26. The molecule has 0 saturated carbocycles. The van der Waals surface area contributed by atoms with Crippen molar-refractivity contribution >= 4 is 0 Å². The van der Waals surface area contributed by atoms with Crippen LogP contribution in [0.25, 0.3) is 0 Å². The van der Waals surface area contributed by atoms with Gasteiger partial charge in [-0.05, 0) is 40.5 Å². The first-order chi connectivity index (χ1) is 7.31. The second-order valence-corrected chi connectivity index (χ2v) is 6.26. The molecule has 0 aromatic rings. The summed E-state index contributed by atoms with van der Waals surface area (Å²) < 4.78 is 11.0. The van der Waals surface area contributed by atoms with Gasteiger partial charge in [0.05, 0.1) is 19.3 Å². The highest BCUT2D eigenvalue weighted by molar-refractivity contribution is 4.96. The lowest BCUT2D eigenvalue weighted by atomic mass is 9.80. The van der Waals surface area contributed by atoms with E-state index < -0.39 is 0 Å². The van der Waals surface area contributed by atoms with E-state index in [0.717, 1.165) is 19.4 Å². The Labute approximate surface area is 97.5 Å². The molecule has 2 aliphatic heterocycles. The number of hydrogen-bond acceptors (Lipinski definition) is 4. The Morgan fingerprint density at radius 1 is 1.25 bits per heavy atom. The van der Waals surface area contributed by atoms with Gasteiger partial charge in [-0.3, -0.25) is 0 Å². The Balaban J connectivity index is 1.94. The number of nitrogens with zero attached hydrogens (tertiary/aromatic N) is 1. The summed E-state index contributed by atoms with van der Waals surface area (Å²) in [5.74, 6) is 0. The summed E-state index contributed by atoms with van der Waals surface area (Å²) in [5, 5.41) is 11.6. The van der Waals surface area contributed by atoms with E-state index in [1.165, 1.54) is 5.06 Å². The smallest absolute Gasteiger partial charge is 0.104 e. The van der Waals surface area contributed by atoms with Crippen molar-refractivity contribution in [3.8, 4) is 0 Å². The predicted octanol–water partition coefficient (Wildman–Crippen LogP) is 1.81. The summed E-state index contributed by atoms with van der Waals surface area (Å²) in [5.41, 5.74) is -0.451. The number of epoxide rings is 1. The normalized spacial score (nSPS) is 33.9. The highest BCUT2D eigenvalue weighted by Crippen LogP contribution is 2.38. The Morgan fingerprint density at radius 3 is 2.19 bits per heavy atom. The third kappa shape index (κ3) is 2.56. The lowest BCUT2D eigenvalue weighted by Gasteiger charge is -2.51. The van der Waals surface area contributed by atoms with Crippen molar-refractivity contribution in [2.75, 3.05) is 13.2 Å². The molecule has 16 heavy (non-hydrogen) atoms. The Hall–Kier alpha value is -0.160. The summed E-state index contributed by atoms with van der Waals surface area (Å²) in [4.78, 5) is 0. The first-order valence-corrected chi connectivity index (χ1v) is 6.04. The number of rotatable bonds is 3. The van der Waals surface area contributed by atoms with E-state index in [1.807, 2.05) is 0 Å². The summed E-state index contributed by atoms with van der Waals surface area (Å²) >= 11 is 0. The number of ether oxygens (including phenoxy) is 2. The molecule has 0 spiro atoms. The highest BCUT2D eigenvalue weighted by Gasteiger charge is 2.45. The molecule has 0 aliphatic carbocycles. The number of piperidine rings is 1. The first kappa shape index (κ1) is 12.3. The zero-order valence-electron chi connectivity index (χ0n) is 10.7. The van der Waals surface area contributed by atoms with Crippen molar-refractivity contribution in [2.45, 2.75) is 63.8 Å². The van der Waals surface area contributed by atoms with Gasteiger partial charge < -0.3 is 14.7 Å². The van der Waals surface area contributed by atoms with Gasteiger partial charge >= 0.3 is 0 Å². The van der Waals surface area contributed by atoms with Crippen molar-refractivity contribution < 1.29 is 14.7 Å². The molecule has 2 fully saturated rings. The Bertz CT molecular complexity index is 243. The van der Waals surface area contributed by atoms with Crippen molar-refractivity contribution in [3.63, 3.8) is 0 Å². The molecule has 2 rings (SSSR count). The molecule has 4 nitrogen and oxygen atoms in total. The van der Waals surface area contributed by atoms with E-state index in [2.05, 4.69) is 27.7 Å². The van der Waals surface area contributed by atoms with Crippen LogP contribution in [-0.4, -0.2) is 46.8 Å². The van der Waals surface area contributed by atoms with Crippen molar-refractivity contribution in [2.24, 2.45) is 0 Å². The molecule has 94 valence electrons. The molecule has 2 aliphatic rings. The maximum atomic E-state index is 10.1. The van der Waals surface area contributed by atoms with E-state index in [9.17, 15) is 5.21 Å². The molecule has 0 aromatic carbocycles. The minimum Gasteiger partial charge on any atom is -0.375 e. The largest absolute Gasteiger partial charge is 0.375 e. The van der Waals surface area contributed by atoms with Gasteiger partial charge in [-0.15, -0.1) is 0 Å². The van der Waals surface area contributed by atoms with Crippen LogP contribution < -0.4 is 0 Å². The number of hydrogen-bond donors (Lipinski definition) is 1. The third-order valence-electron chi connectivity index (χ3n) is 3.52. The van der Waals surface area contributed by atoms with Gasteiger partial charge in [-0.25, -0.2) is 0 Å². The van der Waals surface area contributed by atoms with Gasteiger partial charge in [0.1, 0.15) is 6.10 Å². The third-order valence-corrected chi connectivity index (χ3v) is 3.52. The predicted molar refractivity (Wildman–Crippen MR) is 60.5 cm³/mol. The highest BCUT2D eigenvalue weighted by atomic mass is 16.6. The molecular formula is C12H23NO3. The molecular weight excluding hydrogens is 206 g/mol. The van der Waals surface area contributed by atoms with Gasteiger partial charge in [0.25, 0.3) is 0 Å². The van der Waals surface area contributed by atoms with Crippen LogP contribution in [0.15, 0.2) is 0 Å². The van der Waals surface area contributed by atoms with E-state index in [0.29, 0.717) is 12.7 Å². The minimum absolute atomic E-state index is 0.220. The van der Waals surface area contributed by atoms with Gasteiger partial charge in [-0.1, -0.05) is 0 Å². The fourth-order valence-electron chi connectivity index (χ4n) is 2.70. The maximum absolute atomic E-state index is 10.1. The molecule has 0 amide bonds. The number of hydroxylamine groups is 2. The zero-order valence-corrected chi connectivity index (χ0v) is 10.7. The van der Waals surface area contributed by atoms with E-state index in [1.54, 1.807) is 0 Å². The molecule has 0 aromatic heterocycles. The van der Waals surface area contributed by atoms with Gasteiger partial charge in [0.15, 0.2) is 0 Å². The molecule has 0 unspecified atom stereocenters. The SMILES string of the molecule is CC1(C)CC(OC[C@H]2CO2)CC(C)(C)N1O. The Kier molecular flexibility index (Phi) is 3.03. The van der Waals surface area contributed by atoms with Gasteiger partial charge in [0, 0.05) is 11.1 Å². The van der Waals surface area contributed by atoms with Crippen LogP contribution in [0.1, 0.15) is 40.5 Å². The minimum atomic E-state index is -0.225. The van der Waals surface area contributed by atoms with Gasteiger partial charge in [-0.2, -0.15) is 5.06 Å². The molecule has 2 heterocycles. The fourth-order valence-corrected chi connectivity index (χ4v) is 2.70. The van der Waals surface area contributed by atoms with Crippen LogP contribution in [0, 0.1) is 0 Å². The zero-order chi connectivity index (χ0) is 12.0. The summed E-state index contributed by atoms with van der Waals surface area (Å²) in [7, 11) is 0. The first-order valence-electron chi connectivity index (χ1n) is 6.04. The fraction of sp³-hybridized carbons (Fsp3) is 1.00. The average Bonchev–Trinajstić information content (AvgIpc) is 2.93. The van der Waals surface area contributed by atoms with Crippen LogP contribution in [0.2, 0.25) is 0 Å². The molecule has 2 saturated heterocycles. The standard InChI is InChI=1S/C12H23NO3/c1-11(2)5-9(15-7-10-8-16-10)6-12(3,4)13(11)14/h9-10,14H,5-8H2,1-4H3/t10-/m0/s1. The van der Waals surface area contributed by atoms with Crippen LogP contribution in [0.4, 0.5) is 0 Å². The maximum Gasteiger partial charge on any atom is 0.104 e. The lowest BCUT2D eigenvalue weighted by Crippen LogP contribution is -2.60. The summed E-state index contributed by atoms with van der Waals surface area (Å²) in [6, 6.07) is 0. The Morgan fingerprint density at radius 2 is 1.75 bits per heavy atom. The topological polar surface area (TPSA) is 45.2 Å². The van der Waals surface area contributed by atoms with Crippen molar-refractivity contribution in [1.82, 2.24) is 5.06 Å². The molecule has 1 N–H and O–H groups in total. The second-order valence-electron chi connectivity index (χ2n) is 6.26. The quantitative estimate of drug-likeness (QED) is 0.750. The lowest BCUT2D eigenvalue weighted by molar-refractivity contribution is -0.261. The van der Waals surface area contributed by atoms with Crippen LogP contribution in [0.3, 0.4) is 0 Å². The van der Waals surface area contributed by atoms with E-state index in [4.69, 9.17) is 9.47 Å². The molecule has 4 heteroatoms. The van der Waals surface area contributed by atoms with Crippen molar-refractivity contribution in [1.29, 1.82) is 0 Å². The monoisotopic (exact) mass is 229 g/mol. The molecule has 0 radical (unpaired) electrons. The van der Waals surface area contributed by atoms with E-state index >= 15 is 0 Å². The molecule has 0 bridgehead atoms. The van der Waals surface area contributed by atoms with Gasteiger partial charge in [0.2, 0.25) is 0 Å². The van der Waals surface area contributed by atoms with E-state index in [-0.39, 0.29) is 17.2 Å². The van der Waals surface area contributed by atoms with Crippen LogP contribution >= 0.6 is 0 Å². The van der Waals surface area contributed by atoms with Crippen LogP contribution in [0.5, 0.6) is 0 Å². The summed E-state index contributed by atoms with van der Waals surface area (Å²) in [6.45, 7) is 9.75. The van der Waals surface area contributed by atoms with Crippen molar-refractivity contribution in [3.05, 3.63) is 0 Å². The second kappa shape index (κ2) is 3.95. The average molecular weight is 229 g/mol. The van der Waals surface area contributed by atoms with Crippen LogP contribution in [-0.2, 0) is 9.47 Å².